The maximum Gasteiger partial charge on any atom is 0.148 e. The molecular formula is C13H22N6. The zero-order valence-corrected chi connectivity index (χ0v) is 11.5. The van der Waals surface area contributed by atoms with Gasteiger partial charge in [-0.25, -0.2) is 15.8 Å². The van der Waals surface area contributed by atoms with Crippen molar-refractivity contribution in [3.05, 3.63) is 11.9 Å². The quantitative estimate of drug-likeness (QED) is 0.618. The van der Waals surface area contributed by atoms with Crippen molar-refractivity contribution in [2.24, 2.45) is 5.84 Å². The van der Waals surface area contributed by atoms with Crippen LogP contribution in [0, 0.1) is 6.92 Å². The molecule has 0 radical (unpaired) electrons. The second-order valence-electron chi connectivity index (χ2n) is 5.45. The monoisotopic (exact) mass is 262 g/mol. The van der Waals surface area contributed by atoms with Crippen molar-refractivity contribution in [2.75, 3.05) is 36.5 Å². The van der Waals surface area contributed by atoms with Gasteiger partial charge >= 0.3 is 0 Å². The molecule has 1 atom stereocenters. The highest BCUT2D eigenvalue weighted by atomic mass is 15.3. The van der Waals surface area contributed by atoms with E-state index in [1.807, 2.05) is 6.92 Å². The van der Waals surface area contributed by atoms with Crippen LogP contribution < -0.4 is 16.2 Å². The molecule has 19 heavy (non-hydrogen) atoms. The Hall–Kier alpha value is -1.40. The number of nitrogen functional groups attached to an aromatic ring is 1. The number of aromatic nitrogens is 2. The van der Waals surface area contributed by atoms with E-state index < -0.39 is 0 Å². The molecule has 0 amide bonds. The molecule has 0 spiro atoms. The maximum atomic E-state index is 5.48. The minimum atomic E-state index is 0.686. The number of hydrogen-bond acceptors (Lipinski definition) is 6. The summed E-state index contributed by atoms with van der Waals surface area (Å²) in [5.41, 5.74) is 3.67. The van der Waals surface area contributed by atoms with Gasteiger partial charge in [0.15, 0.2) is 0 Å². The van der Waals surface area contributed by atoms with Gasteiger partial charge in [-0.1, -0.05) is 0 Å². The first-order valence-corrected chi connectivity index (χ1v) is 7.07. The summed E-state index contributed by atoms with van der Waals surface area (Å²) in [7, 11) is 0. The highest BCUT2D eigenvalue weighted by Gasteiger charge is 2.30. The van der Waals surface area contributed by atoms with Crippen molar-refractivity contribution in [1.29, 1.82) is 0 Å². The van der Waals surface area contributed by atoms with Gasteiger partial charge < -0.3 is 10.3 Å². The SMILES string of the molecule is Cc1c(NN)ncnc1N1CCC(N2CCCC2)C1. The summed E-state index contributed by atoms with van der Waals surface area (Å²) in [5, 5.41) is 0. The van der Waals surface area contributed by atoms with Crippen molar-refractivity contribution in [3.8, 4) is 0 Å². The lowest BCUT2D eigenvalue weighted by Crippen LogP contribution is -2.35. The summed E-state index contributed by atoms with van der Waals surface area (Å²) in [6, 6.07) is 0.686. The number of hydrogen-bond donors (Lipinski definition) is 2. The van der Waals surface area contributed by atoms with Crippen LogP contribution in [0.4, 0.5) is 11.6 Å². The van der Waals surface area contributed by atoms with Gasteiger partial charge in [-0.15, -0.1) is 0 Å². The Kier molecular flexibility index (Phi) is 3.52. The molecule has 0 bridgehead atoms. The Morgan fingerprint density at radius 2 is 2.05 bits per heavy atom. The van der Waals surface area contributed by atoms with Gasteiger partial charge in [-0.3, -0.25) is 4.90 Å². The number of anilines is 2. The first-order chi connectivity index (χ1) is 9.29. The summed E-state index contributed by atoms with van der Waals surface area (Å²) in [4.78, 5) is 13.6. The molecule has 3 rings (SSSR count). The van der Waals surface area contributed by atoms with E-state index in [9.17, 15) is 0 Å². The first kappa shape index (κ1) is 12.6. The van der Waals surface area contributed by atoms with E-state index in [1.54, 1.807) is 6.33 Å². The Labute approximate surface area is 114 Å². The van der Waals surface area contributed by atoms with Gasteiger partial charge in [0.1, 0.15) is 18.0 Å². The zero-order valence-electron chi connectivity index (χ0n) is 11.5. The number of rotatable bonds is 3. The van der Waals surface area contributed by atoms with Gasteiger partial charge in [0.25, 0.3) is 0 Å². The lowest BCUT2D eigenvalue weighted by Gasteiger charge is -2.24. The van der Waals surface area contributed by atoms with Crippen molar-refractivity contribution >= 4 is 11.6 Å². The second kappa shape index (κ2) is 5.30. The molecule has 3 heterocycles. The summed E-state index contributed by atoms with van der Waals surface area (Å²) in [5.74, 6) is 7.21. The third kappa shape index (κ3) is 2.37. The van der Waals surface area contributed by atoms with Gasteiger partial charge in [0, 0.05) is 24.7 Å². The number of likely N-dealkylation sites (tertiary alicyclic amines) is 1. The van der Waals surface area contributed by atoms with Crippen LogP contribution in [-0.4, -0.2) is 47.1 Å². The molecular weight excluding hydrogens is 240 g/mol. The van der Waals surface area contributed by atoms with Crippen LogP contribution in [0.15, 0.2) is 6.33 Å². The highest BCUT2D eigenvalue weighted by molar-refractivity contribution is 5.57. The molecule has 2 aliphatic rings. The fourth-order valence-electron chi connectivity index (χ4n) is 3.24. The lowest BCUT2D eigenvalue weighted by molar-refractivity contribution is 0.260. The van der Waals surface area contributed by atoms with Crippen LogP contribution in [-0.2, 0) is 0 Å². The molecule has 6 nitrogen and oxygen atoms in total. The summed E-state index contributed by atoms with van der Waals surface area (Å²) in [6.45, 7) is 6.69. The summed E-state index contributed by atoms with van der Waals surface area (Å²) in [6.07, 6.45) is 5.52. The standard InChI is InChI=1S/C13H22N6/c1-10-12(17-14)15-9-16-13(10)19-7-4-11(8-19)18-5-2-3-6-18/h9,11H,2-8,14H2,1H3,(H,15,16,17). The molecule has 0 aromatic carbocycles. The van der Waals surface area contributed by atoms with Gasteiger partial charge in [-0.2, -0.15) is 0 Å². The van der Waals surface area contributed by atoms with Gasteiger partial charge in [-0.05, 0) is 39.3 Å². The minimum absolute atomic E-state index is 0.686. The normalized spacial score (nSPS) is 24.1. The average Bonchev–Trinajstić information content (AvgIpc) is 3.09. The van der Waals surface area contributed by atoms with Crippen molar-refractivity contribution in [3.63, 3.8) is 0 Å². The van der Waals surface area contributed by atoms with Crippen molar-refractivity contribution in [2.45, 2.75) is 32.2 Å². The lowest BCUT2D eigenvalue weighted by atomic mass is 10.2. The Balaban J connectivity index is 1.73. The largest absolute Gasteiger partial charge is 0.355 e. The van der Waals surface area contributed by atoms with Crippen LogP contribution in [0.25, 0.3) is 0 Å². The molecule has 2 saturated heterocycles. The third-order valence-electron chi connectivity index (χ3n) is 4.31. The third-order valence-corrected chi connectivity index (χ3v) is 4.31. The molecule has 1 unspecified atom stereocenters. The van der Waals surface area contributed by atoms with E-state index in [2.05, 4.69) is 25.2 Å². The second-order valence-corrected chi connectivity index (χ2v) is 5.45. The van der Waals surface area contributed by atoms with Crippen LogP contribution in [0.5, 0.6) is 0 Å². The molecule has 104 valence electrons. The minimum Gasteiger partial charge on any atom is -0.355 e. The van der Waals surface area contributed by atoms with E-state index in [0.717, 1.165) is 30.3 Å². The number of hydrazine groups is 1. The molecule has 0 saturated carbocycles. The molecule has 1 aromatic heterocycles. The van der Waals surface area contributed by atoms with E-state index in [-0.39, 0.29) is 0 Å². The molecule has 2 aliphatic heterocycles. The van der Waals surface area contributed by atoms with Gasteiger partial charge in [0.05, 0.1) is 0 Å². The Morgan fingerprint density at radius 3 is 2.79 bits per heavy atom. The van der Waals surface area contributed by atoms with Crippen LogP contribution >= 0.6 is 0 Å². The molecule has 1 aromatic rings. The van der Waals surface area contributed by atoms with Gasteiger partial charge in [0.2, 0.25) is 0 Å². The van der Waals surface area contributed by atoms with Crippen LogP contribution in [0.1, 0.15) is 24.8 Å². The number of nitrogens with one attached hydrogen (secondary N) is 1. The van der Waals surface area contributed by atoms with Crippen LogP contribution in [0.3, 0.4) is 0 Å². The molecule has 0 aliphatic carbocycles. The van der Waals surface area contributed by atoms with Crippen LogP contribution in [0.2, 0.25) is 0 Å². The molecule has 3 N–H and O–H groups in total. The number of nitrogens with zero attached hydrogens (tertiary/aromatic N) is 4. The first-order valence-electron chi connectivity index (χ1n) is 7.07. The summed E-state index contributed by atoms with van der Waals surface area (Å²) >= 11 is 0. The average molecular weight is 262 g/mol. The fourth-order valence-corrected chi connectivity index (χ4v) is 3.24. The topological polar surface area (TPSA) is 70.3 Å². The van der Waals surface area contributed by atoms with E-state index in [4.69, 9.17) is 5.84 Å². The van der Waals surface area contributed by atoms with E-state index in [0.29, 0.717) is 6.04 Å². The summed E-state index contributed by atoms with van der Waals surface area (Å²) < 4.78 is 0. The predicted molar refractivity (Wildman–Crippen MR) is 76.0 cm³/mol. The smallest absolute Gasteiger partial charge is 0.148 e. The predicted octanol–water partition coefficient (Wildman–Crippen LogP) is 0.745. The Bertz CT molecular complexity index is 443. The zero-order chi connectivity index (χ0) is 13.2. The molecule has 6 heteroatoms. The van der Waals surface area contributed by atoms with Crippen molar-refractivity contribution in [1.82, 2.24) is 14.9 Å². The Morgan fingerprint density at radius 1 is 1.26 bits per heavy atom. The number of nitrogens with two attached hydrogens (primary N) is 1. The fraction of sp³-hybridized carbons (Fsp3) is 0.692. The van der Waals surface area contributed by atoms with E-state index in [1.165, 1.54) is 32.4 Å². The van der Waals surface area contributed by atoms with E-state index >= 15 is 0 Å². The maximum absolute atomic E-state index is 5.48. The van der Waals surface area contributed by atoms with Crippen molar-refractivity contribution < 1.29 is 0 Å². The highest BCUT2D eigenvalue weighted by Crippen LogP contribution is 2.27. The molecule has 2 fully saturated rings.